The van der Waals surface area contributed by atoms with Crippen molar-refractivity contribution >= 4 is 11.9 Å². The zero-order valence-electron chi connectivity index (χ0n) is 24.5. The van der Waals surface area contributed by atoms with Crippen LogP contribution in [0.15, 0.2) is 11.6 Å². The molecule has 35 heavy (non-hydrogen) atoms. The van der Waals surface area contributed by atoms with E-state index in [0.29, 0.717) is 6.42 Å². The van der Waals surface area contributed by atoms with Crippen molar-refractivity contribution in [2.45, 2.75) is 164 Å². The van der Waals surface area contributed by atoms with Crippen molar-refractivity contribution in [3.05, 3.63) is 11.6 Å². The van der Waals surface area contributed by atoms with E-state index in [-0.39, 0.29) is 5.97 Å². The minimum atomic E-state index is -0.497. The van der Waals surface area contributed by atoms with E-state index in [4.69, 9.17) is 4.74 Å². The maximum Gasteiger partial charge on any atom is 0.338 e. The van der Waals surface area contributed by atoms with Gasteiger partial charge in [0.15, 0.2) is 0 Å². The molecular weight excluding hydrogens is 432 g/mol. The summed E-state index contributed by atoms with van der Waals surface area (Å²) in [7, 11) is 0. The normalized spacial score (nSPS) is 13.7. The third-order valence-electron chi connectivity index (χ3n) is 7.20. The lowest BCUT2D eigenvalue weighted by Gasteiger charge is -2.15. The molecule has 0 saturated heterocycles. The molecule has 0 radical (unpaired) electrons. The molecular formula is C32H60O3. The third-order valence-corrected chi connectivity index (χ3v) is 7.20. The van der Waals surface area contributed by atoms with Crippen molar-refractivity contribution in [3.63, 3.8) is 0 Å². The molecule has 0 aromatic heterocycles. The first-order chi connectivity index (χ1) is 16.7. The summed E-state index contributed by atoms with van der Waals surface area (Å²) < 4.78 is 4.98. The fraction of sp³-hybridized carbons (Fsp3) is 0.875. The Morgan fingerprint density at radius 1 is 0.629 bits per heavy atom. The van der Waals surface area contributed by atoms with E-state index in [9.17, 15) is 9.59 Å². The largest absolute Gasteiger partial charge is 0.390 e. The Morgan fingerprint density at radius 2 is 1.11 bits per heavy atom. The van der Waals surface area contributed by atoms with E-state index >= 15 is 0 Å². The minimum Gasteiger partial charge on any atom is -0.390 e. The number of esters is 2. The monoisotopic (exact) mass is 492 g/mol. The summed E-state index contributed by atoms with van der Waals surface area (Å²) in [6.07, 6.45) is 24.0. The van der Waals surface area contributed by atoms with Gasteiger partial charge >= 0.3 is 11.9 Å². The molecule has 0 aliphatic carbocycles. The number of carbonyl (C=O) groups excluding carboxylic acids is 2. The second-order valence-electron chi connectivity index (χ2n) is 11.7. The molecule has 0 fully saturated rings. The molecule has 0 N–H and O–H groups in total. The number of ether oxygens (including phenoxy) is 1. The Morgan fingerprint density at radius 3 is 1.66 bits per heavy atom. The Balaban J connectivity index is 3.79. The lowest BCUT2D eigenvalue weighted by Crippen LogP contribution is -2.10. The van der Waals surface area contributed by atoms with Crippen LogP contribution < -0.4 is 0 Å². The fourth-order valence-electron chi connectivity index (χ4n) is 4.75. The number of hydrogen-bond donors (Lipinski definition) is 0. The Labute approximate surface area is 219 Å². The molecule has 0 spiro atoms. The number of hydrogen-bond acceptors (Lipinski definition) is 3. The lowest BCUT2D eigenvalue weighted by molar-refractivity contribution is -0.156. The quantitative estimate of drug-likeness (QED) is 0.0616. The van der Waals surface area contributed by atoms with E-state index in [1.807, 2.05) is 6.92 Å². The van der Waals surface area contributed by atoms with E-state index < -0.39 is 5.97 Å². The van der Waals surface area contributed by atoms with Crippen molar-refractivity contribution in [2.75, 3.05) is 0 Å². The number of carbonyl (C=O) groups is 2. The summed E-state index contributed by atoms with van der Waals surface area (Å²) in [5.41, 5.74) is 1.01. The van der Waals surface area contributed by atoms with Crippen LogP contribution in [0.5, 0.6) is 0 Å². The van der Waals surface area contributed by atoms with E-state index in [2.05, 4.69) is 34.6 Å². The van der Waals surface area contributed by atoms with Crippen molar-refractivity contribution in [1.82, 2.24) is 0 Å². The van der Waals surface area contributed by atoms with Crippen molar-refractivity contribution in [1.29, 1.82) is 0 Å². The SMILES string of the molecule is CCCCCCCCCCCC(=O)OC(=O)/C=C(\C)CCC[C@H](C)CCC[C@H](C)CCCC(C)C. The lowest BCUT2D eigenvalue weighted by atomic mass is 9.91. The van der Waals surface area contributed by atoms with Gasteiger partial charge in [-0.1, -0.05) is 137 Å². The van der Waals surface area contributed by atoms with Gasteiger partial charge in [0.1, 0.15) is 0 Å². The molecule has 0 amide bonds. The number of unbranched alkanes of at least 4 members (excludes halogenated alkanes) is 8. The van der Waals surface area contributed by atoms with Gasteiger partial charge in [0, 0.05) is 12.5 Å². The van der Waals surface area contributed by atoms with Gasteiger partial charge in [-0.05, 0) is 43.9 Å². The highest BCUT2D eigenvalue weighted by Crippen LogP contribution is 2.22. The van der Waals surface area contributed by atoms with E-state index in [0.717, 1.165) is 49.0 Å². The van der Waals surface area contributed by atoms with Gasteiger partial charge < -0.3 is 4.74 Å². The van der Waals surface area contributed by atoms with Crippen molar-refractivity contribution in [2.24, 2.45) is 17.8 Å². The summed E-state index contributed by atoms with van der Waals surface area (Å²) in [6, 6.07) is 0. The molecule has 0 aromatic rings. The number of allylic oxidation sites excluding steroid dienone is 1. The van der Waals surface area contributed by atoms with E-state index in [1.54, 1.807) is 0 Å². The summed E-state index contributed by atoms with van der Waals surface area (Å²) in [5, 5.41) is 0. The molecule has 0 aromatic carbocycles. The third kappa shape index (κ3) is 24.4. The topological polar surface area (TPSA) is 43.4 Å². The van der Waals surface area contributed by atoms with Crippen molar-refractivity contribution < 1.29 is 14.3 Å². The highest BCUT2D eigenvalue weighted by molar-refractivity contribution is 5.92. The highest BCUT2D eigenvalue weighted by Gasteiger charge is 2.10. The zero-order chi connectivity index (χ0) is 26.3. The number of rotatable bonds is 23. The van der Waals surface area contributed by atoms with Crippen LogP contribution in [0.4, 0.5) is 0 Å². The van der Waals surface area contributed by atoms with E-state index in [1.165, 1.54) is 96.0 Å². The van der Waals surface area contributed by atoms with Crippen LogP contribution in [0.25, 0.3) is 0 Å². The Bertz CT molecular complexity index is 549. The van der Waals surface area contributed by atoms with Gasteiger partial charge in [-0.2, -0.15) is 0 Å². The van der Waals surface area contributed by atoms with Crippen LogP contribution >= 0.6 is 0 Å². The first kappa shape index (κ1) is 33.9. The fourth-order valence-corrected chi connectivity index (χ4v) is 4.75. The van der Waals surface area contributed by atoms with Crippen LogP contribution in [0.2, 0.25) is 0 Å². The smallest absolute Gasteiger partial charge is 0.338 e. The van der Waals surface area contributed by atoms with Gasteiger partial charge in [0.25, 0.3) is 0 Å². The molecule has 0 saturated carbocycles. The van der Waals surface area contributed by atoms with Crippen LogP contribution in [0, 0.1) is 17.8 Å². The molecule has 0 unspecified atom stereocenters. The Hall–Kier alpha value is -1.12. The predicted molar refractivity (Wildman–Crippen MR) is 151 cm³/mol. The molecule has 2 atom stereocenters. The first-order valence-electron chi connectivity index (χ1n) is 15.2. The van der Waals surface area contributed by atoms with Gasteiger partial charge in [-0.3, -0.25) is 4.79 Å². The summed E-state index contributed by atoms with van der Waals surface area (Å²) in [4.78, 5) is 23.9. The van der Waals surface area contributed by atoms with Crippen LogP contribution in [0.1, 0.15) is 164 Å². The summed E-state index contributed by atoms with van der Waals surface area (Å²) >= 11 is 0. The van der Waals surface area contributed by atoms with Crippen molar-refractivity contribution in [3.8, 4) is 0 Å². The molecule has 0 aliphatic heterocycles. The van der Waals surface area contributed by atoms with Gasteiger partial charge in [0.05, 0.1) is 0 Å². The van der Waals surface area contributed by atoms with Crippen LogP contribution in [-0.2, 0) is 14.3 Å². The molecule has 0 bridgehead atoms. The van der Waals surface area contributed by atoms with Gasteiger partial charge in [-0.25, -0.2) is 4.79 Å². The highest BCUT2D eigenvalue weighted by atomic mass is 16.6. The van der Waals surface area contributed by atoms with Gasteiger partial charge in [-0.15, -0.1) is 0 Å². The molecule has 0 rings (SSSR count). The second-order valence-corrected chi connectivity index (χ2v) is 11.7. The molecule has 0 heterocycles. The maximum atomic E-state index is 12.0. The zero-order valence-corrected chi connectivity index (χ0v) is 24.5. The molecule has 0 aliphatic rings. The van der Waals surface area contributed by atoms with Crippen LogP contribution in [-0.4, -0.2) is 11.9 Å². The first-order valence-corrected chi connectivity index (χ1v) is 15.2. The summed E-state index contributed by atoms with van der Waals surface area (Å²) in [5.74, 6) is 1.53. The molecule has 3 nitrogen and oxygen atoms in total. The molecule has 3 heteroatoms. The standard InChI is InChI=1S/C32H60O3/c1-7-8-9-10-11-12-13-14-15-25-31(33)35-32(34)26-30(6)24-18-23-29(5)22-17-21-28(4)20-16-19-27(2)3/h26-29H,7-25H2,1-6H3/b30-26+/t28-,29-/m1/s1. The minimum absolute atomic E-state index is 0.350. The molecule has 206 valence electrons. The predicted octanol–water partition coefficient (Wildman–Crippen LogP) is 10.4. The second kappa shape index (κ2) is 23.3. The van der Waals surface area contributed by atoms with Crippen LogP contribution in [0.3, 0.4) is 0 Å². The average Bonchev–Trinajstić information content (AvgIpc) is 2.77. The average molecular weight is 493 g/mol. The summed E-state index contributed by atoms with van der Waals surface area (Å²) in [6.45, 7) is 13.6. The van der Waals surface area contributed by atoms with Gasteiger partial charge in [0.2, 0.25) is 0 Å². The maximum absolute atomic E-state index is 12.0. The Kier molecular flexibility index (Phi) is 22.5.